The third kappa shape index (κ3) is 3.16. The Morgan fingerprint density at radius 1 is 1.73 bits per heavy atom. The summed E-state index contributed by atoms with van der Waals surface area (Å²) >= 11 is 0. The smallest absolute Gasteiger partial charge is 0.222 e. The Bertz CT molecular complexity index is 163. The molecule has 1 N–H and O–H groups in total. The van der Waals surface area contributed by atoms with E-state index in [9.17, 15) is 9.59 Å². The second-order valence-corrected chi connectivity index (χ2v) is 3.05. The van der Waals surface area contributed by atoms with E-state index < -0.39 is 6.04 Å². The number of hydrogen-bond acceptors (Lipinski definition) is 2. The summed E-state index contributed by atoms with van der Waals surface area (Å²) in [5.41, 5.74) is 0. The standard InChI is InChI=1S/C8H12NO2/c1-6(5-10)9-8(11)4-7-2-3-7/h6-7H,2-4H2,1H3,(H,9,11)/t6-/m0/s1. The molecule has 0 aromatic heterocycles. The molecule has 1 atom stereocenters. The van der Waals surface area contributed by atoms with Gasteiger partial charge in [0.15, 0.2) is 0 Å². The Morgan fingerprint density at radius 2 is 2.36 bits per heavy atom. The van der Waals surface area contributed by atoms with Gasteiger partial charge >= 0.3 is 0 Å². The van der Waals surface area contributed by atoms with E-state index in [0.29, 0.717) is 12.3 Å². The zero-order chi connectivity index (χ0) is 8.27. The van der Waals surface area contributed by atoms with Crippen LogP contribution in [0.25, 0.3) is 0 Å². The number of hydrogen-bond donors (Lipinski definition) is 1. The molecule has 0 spiro atoms. The molecule has 0 saturated heterocycles. The third-order valence-electron chi connectivity index (χ3n) is 1.73. The second kappa shape index (κ2) is 3.51. The first-order valence-corrected chi connectivity index (χ1v) is 3.89. The van der Waals surface area contributed by atoms with Gasteiger partial charge in [-0.25, -0.2) is 0 Å². The van der Waals surface area contributed by atoms with Gasteiger partial charge in [-0.15, -0.1) is 0 Å². The molecule has 11 heavy (non-hydrogen) atoms. The van der Waals surface area contributed by atoms with Crippen LogP contribution in [0.3, 0.4) is 0 Å². The van der Waals surface area contributed by atoms with Gasteiger partial charge in [-0.3, -0.25) is 9.59 Å². The highest BCUT2D eigenvalue weighted by atomic mass is 16.2. The van der Waals surface area contributed by atoms with Crippen molar-refractivity contribution in [2.75, 3.05) is 0 Å². The van der Waals surface area contributed by atoms with Crippen molar-refractivity contribution in [2.45, 2.75) is 32.2 Å². The third-order valence-corrected chi connectivity index (χ3v) is 1.73. The fraction of sp³-hybridized carbons (Fsp3) is 0.750. The van der Waals surface area contributed by atoms with Crippen LogP contribution in [0.5, 0.6) is 0 Å². The van der Waals surface area contributed by atoms with Crippen LogP contribution in [0.15, 0.2) is 0 Å². The fourth-order valence-corrected chi connectivity index (χ4v) is 0.914. The Balaban J connectivity index is 2.13. The molecule has 1 saturated carbocycles. The second-order valence-electron chi connectivity index (χ2n) is 3.05. The predicted octanol–water partition coefficient (Wildman–Crippen LogP) is 0.401. The molecule has 61 valence electrons. The summed E-state index contributed by atoms with van der Waals surface area (Å²) in [6.07, 6.45) is 4.60. The van der Waals surface area contributed by atoms with Gasteiger partial charge in [-0.1, -0.05) is 0 Å². The molecule has 3 nitrogen and oxygen atoms in total. The highest BCUT2D eigenvalue weighted by molar-refractivity contribution is 5.79. The van der Waals surface area contributed by atoms with Crippen LogP contribution in [-0.4, -0.2) is 18.2 Å². The molecule has 0 aliphatic heterocycles. The normalized spacial score (nSPS) is 19.0. The Morgan fingerprint density at radius 3 is 2.82 bits per heavy atom. The molecule has 3 heteroatoms. The van der Waals surface area contributed by atoms with Gasteiger partial charge in [0, 0.05) is 6.42 Å². The van der Waals surface area contributed by atoms with Gasteiger partial charge in [0.1, 0.15) is 0 Å². The van der Waals surface area contributed by atoms with Crippen molar-refractivity contribution in [1.82, 2.24) is 5.32 Å². The van der Waals surface area contributed by atoms with Gasteiger partial charge in [0.25, 0.3) is 0 Å². The van der Waals surface area contributed by atoms with Gasteiger partial charge in [-0.05, 0) is 25.7 Å². The van der Waals surface area contributed by atoms with Crippen LogP contribution >= 0.6 is 0 Å². The van der Waals surface area contributed by atoms with E-state index in [1.165, 1.54) is 0 Å². The SMILES string of the molecule is C[C@@H]([C]=O)NC(=O)CC1CC1. The first-order valence-electron chi connectivity index (χ1n) is 3.89. The highest BCUT2D eigenvalue weighted by Gasteiger charge is 2.24. The maximum Gasteiger partial charge on any atom is 0.222 e. The van der Waals surface area contributed by atoms with E-state index in [1.54, 1.807) is 13.2 Å². The number of rotatable bonds is 4. The molecule has 1 radical (unpaired) electrons. The largest absolute Gasteiger partial charge is 0.346 e. The minimum atomic E-state index is -0.457. The predicted molar refractivity (Wildman–Crippen MR) is 40.6 cm³/mol. The Hall–Kier alpha value is -0.860. The van der Waals surface area contributed by atoms with Crippen LogP contribution in [0.1, 0.15) is 26.2 Å². The lowest BCUT2D eigenvalue weighted by Crippen LogP contribution is -2.33. The Kier molecular flexibility index (Phi) is 2.63. The van der Waals surface area contributed by atoms with Crippen LogP contribution in [0.4, 0.5) is 0 Å². The van der Waals surface area contributed by atoms with Gasteiger partial charge in [0.05, 0.1) is 6.04 Å². The summed E-state index contributed by atoms with van der Waals surface area (Å²) in [6.45, 7) is 1.62. The van der Waals surface area contributed by atoms with Crippen LogP contribution in [-0.2, 0) is 9.59 Å². The Labute approximate surface area is 66.2 Å². The average molecular weight is 154 g/mol. The van der Waals surface area contributed by atoms with E-state index in [-0.39, 0.29) is 5.91 Å². The van der Waals surface area contributed by atoms with Crippen molar-refractivity contribution in [2.24, 2.45) is 5.92 Å². The van der Waals surface area contributed by atoms with E-state index in [2.05, 4.69) is 5.32 Å². The molecular formula is C8H12NO2. The summed E-state index contributed by atoms with van der Waals surface area (Å²) in [5, 5.41) is 2.54. The summed E-state index contributed by atoms with van der Waals surface area (Å²) in [4.78, 5) is 21.0. The van der Waals surface area contributed by atoms with E-state index in [0.717, 1.165) is 12.8 Å². The van der Waals surface area contributed by atoms with Gasteiger partial charge < -0.3 is 5.32 Å². The molecule has 1 fully saturated rings. The van der Waals surface area contributed by atoms with Crippen molar-refractivity contribution < 1.29 is 9.59 Å². The molecule has 1 aliphatic carbocycles. The lowest BCUT2D eigenvalue weighted by atomic mass is 10.2. The van der Waals surface area contributed by atoms with Crippen molar-refractivity contribution in [3.63, 3.8) is 0 Å². The zero-order valence-corrected chi connectivity index (χ0v) is 6.59. The lowest BCUT2D eigenvalue weighted by molar-refractivity contribution is -0.121. The fourth-order valence-electron chi connectivity index (χ4n) is 0.914. The summed E-state index contributed by atoms with van der Waals surface area (Å²) in [5.74, 6) is 0.553. The molecule has 0 aromatic carbocycles. The maximum absolute atomic E-state index is 11.0. The summed E-state index contributed by atoms with van der Waals surface area (Å²) in [7, 11) is 0. The molecule has 0 aromatic rings. The van der Waals surface area contributed by atoms with Gasteiger partial charge in [-0.2, -0.15) is 0 Å². The molecular weight excluding hydrogens is 142 g/mol. The van der Waals surface area contributed by atoms with E-state index in [1.807, 2.05) is 0 Å². The number of carbonyl (C=O) groups excluding carboxylic acids is 2. The first kappa shape index (κ1) is 8.24. The minimum Gasteiger partial charge on any atom is -0.346 e. The number of carbonyl (C=O) groups is 1. The average Bonchev–Trinajstić information content (AvgIpc) is 2.71. The molecule has 1 rings (SSSR count). The molecule has 1 aliphatic rings. The molecule has 0 bridgehead atoms. The summed E-state index contributed by atoms with van der Waals surface area (Å²) in [6, 6.07) is -0.457. The van der Waals surface area contributed by atoms with Crippen LogP contribution in [0.2, 0.25) is 0 Å². The monoisotopic (exact) mass is 154 g/mol. The quantitative estimate of drug-likeness (QED) is 0.637. The minimum absolute atomic E-state index is 0.0247. The van der Waals surface area contributed by atoms with Crippen molar-refractivity contribution in [3.8, 4) is 0 Å². The van der Waals surface area contributed by atoms with Crippen LogP contribution < -0.4 is 5.32 Å². The van der Waals surface area contributed by atoms with Gasteiger partial charge in [0.2, 0.25) is 12.2 Å². The summed E-state index contributed by atoms with van der Waals surface area (Å²) < 4.78 is 0. The highest BCUT2D eigenvalue weighted by Crippen LogP contribution is 2.32. The van der Waals surface area contributed by atoms with Crippen LogP contribution in [0, 0.1) is 5.92 Å². The maximum atomic E-state index is 11.0. The molecule has 0 unspecified atom stereocenters. The topological polar surface area (TPSA) is 46.2 Å². The number of nitrogens with one attached hydrogen (secondary N) is 1. The van der Waals surface area contributed by atoms with Crippen molar-refractivity contribution in [3.05, 3.63) is 0 Å². The van der Waals surface area contributed by atoms with E-state index >= 15 is 0 Å². The number of amides is 1. The van der Waals surface area contributed by atoms with Crippen molar-refractivity contribution in [1.29, 1.82) is 0 Å². The lowest BCUT2D eigenvalue weighted by Gasteiger charge is -2.04. The zero-order valence-electron chi connectivity index (χ0n) is 6.59. The first-order chi connectivity index (χ1) is 5.22. The van der Waals surface area contributed by atoms with E-state index in [4.69, 9.17) is 0 Å². The van der Waals surface area contributed by atoms with Crippen molar-refractivity contribution >= 4 is 12.2 Å². The molecule has 0 heterocycles. The molecule has 1 amide bonds.